The highest BCUT2D eigenvalue weighted by Gasteiger charge is 2.03. The molecule has 0 radical (unpaired) electrons. The fourth-order valence-corrected chi connectivity index (χ4v) is 0.417. The van der Waals surface area contributed by atoms with E-state index in [0.717, 1.165) is 0 Å². The number of hydrogen-bond acceptors (Lipinski definition) is 4. The van der Waals surface area contributed by atoms with Crippen LogP contribution in [0, 0.1) is 0 Å². The number of rotatable bonds is 4. The van der Waals surface area contributed by atoms with Crippen LogP contribution in [0.15, 0.2) is 0 Å². The molecule has 6 heteroatoms. The van der Waals surface area contributed by atoms with Crippen molar-refractivity contribution in [2.24, 2.45) is 5.73 Å². The van der Waals surface area contributed by atoms with Crippen LogP contribution in [0.25, 0.3) is 0 Å². The zero-order valence-electron chi connectivity index (χ0n) is 5.92. The molecule has 0 saturated heterocycles. The monoisotopic (exact) mass is 145 g/mol. The Morgan fingerprint density at radius 2 is 2.40 bits per heavy atom. The van der Waals surface area contributed by atoms with E-state index < -0.39 is 7.05 Å². The van der Waals surface area contributed by atoms with Crippen molar-refractivity contribution < 1.29 is 9.82 Å². The van der Waals surface area contributed by atoms with E-state index in [1.165, 1.54) is 6.82 Å². The molecule has 0 aliphatic heterocycles. The second-order valence-corrected chi connectivity index (χ2v) is 1.86. The average Bonchev–Trinajstić information content (AvgIpc) is 1.85. The van der Waals surface area contributed by atoms with Crippen molar-refractivity contribution >= 4 is 13.0 Å². The topological polar surface area (TPSA) is 87.4 Å². The second kappa shape index (κ2) is 5.22. The third-order valence-corrected chi connectivity index (χ3v) is 0.857. The first-order valence-electron chi connectivity index (χ1n) is 3.05. The molecular formula is C4H12BN3O2. The van der Waals surface area contributed by atoms with Gasteiger partial charge in [-0.1, -0.05) is 0 Å². The summed E-state index contributed by atoms with van der Waals surface area (Å²) in [5, 5.41) is 13.5. The number of nitrogens with two attached hydrogens (primary N) is 1. The minimum atomic E-state index is -0.663. The molecule has 58 valence electrons. The zero-order chi connectivity index (χ0) is 7.98. The fraction of sp³-hybridized carbons (Fsp3) is 0.750. The van der Waals surface area contributed by atoms with E-state index in [9.17, 15) is 4.79 Å². The summed E-state index contributed by atoms with van der Waals surface area (Å²) in [4.78, 5) is 10.6. The van der Waals surface area contributed by atoms with Crippen molar-refractivity contribution in [2.75, 3.05) is 13.2 Å². The lowest BCUT2D eigenvalue weighted by atomic mass is 9.89. The van der Waals surface area contributed by atoms with Gasteiger partial charge >= 0.3 is 7.05 Å². The third kappa shape index (κ3) is 5.55. The maximum Gasteiger partial charge on any atom is 0.374 e. The molecule has 5 nitrogen and oxygen atoms in total. The highest BCUT2D eigenvalue weighted by molar-refractivity contribution is 6.45. The number of carbonyl (C=O) groups excluding carboxylic acids is 1. The van der Waals surface area contributed by atoms with Crippen molar-refractivity contribution in [2.45, 2.75) is 6.82 Å². The van der Waals surface area contributed by atoms with Crippen LogP contribution in [0.3, 0.4) is 0 Å². The van der Waals surface area contributed by atoms with Gasteiger partial charge in [0.1, 0.15) is 0 Å². The molecule has 0 atom stereocenters. The van der Waals surface area contributed by atoms with Crippen LogP contribution in [-0.4, -0.2) is 31.2 Å². The number of hydrogen-bond donors (Lipinski definition) is 4. The SMILES string of the molecule is CB(O)NCC(=O)NCN. The summed E-state index contributed by atoms with van der Waals surface area (Å²) in [6.45, 7) is 1.75. The molecule has 10 heavy (non-hydrogen) atoms. The molecule has 0 unspecified atom stereocenters. The van der Waals surface area contributed by atoms with Gasteiger partial charge in [0, 0.05) is 0 Å². The Morgan fingerprint density at radius 3 is 2.80 bits per heavy atom. The number of amides is 1. The summed E-state index contributed by atoms with van der Waals surface area (Å²) in [5.74, 6) is -0.219. The summed E-state index contributed by atoms with van der Waals surface area (Å²) < 4.78 is 0. The van der Waals surface area contributed by atoms with Crippen LogP contribution in [-0.2, 0) is 4.79 Å². The first-order valence-corrected chi connectivity index (χ1v) is 3.05. The van der Waals surface area contributed by atoms with E-state index in [4.69, 9.17) is 10.8 Å². The van der Waals surface area contributed by atoms with Crippen LogP contribution in [0.4, 0.5) is 0 Å². The standard InChI is InChI=1S/C4H12BN3O2/c1-5(10)8-2-4(9)7-3-6/h8,10H,2-3,6H2,1H3,(H,7,9). The Kier molecular flexibility index (Phi) is 4.91. The summed E-state index contributed by atoms with van der Waals surface area (Å²) in [6.07, 6.45) is 0. The molecule has 1 amide bonds. The molecule has 0 bridgehead atoms. The van der Waals surface area contributed by atoms with Crippen molar-refractivity contribution in [3.8, 4) is 0 Å². The first kappa shape index (κ1) is 9.41. The van der Waals surface area contributed by atoms with Gasteiger partial charge in [-0.15, -0.1) is 0 Å². The minimum absolute atomic E-state index is 0.0921. The van der Waals surface area contributed by atoms with Crippen molar-refractivity contribution in [1.82, 2.24) is 10.5 Å². The minimum Gasteiger partial charge on any atom is -0.437 e. The molecule has 0 aromatic heterocycles. The van der Waals surface area contributed by atoms with Gasteiger partial charge in [0.2, 0.25) is 5.91 Å². The summed E-state index contributed by atoms with van der Waals surface area (Å²) in [5.41, 5.74) is 5.01. The van der Waals surface area contributed by atoms with Crippen LogP contribution >= 0.6 is 0 Å². The van der Waals surface area contributed by atoms with E-state index in [-0.39, 0.29) is 19.1 Å². The largest absolute Gasteiger partial charge is 0.437 e. The van der Waals surface area contributed by atoms with Gasteiger partial charge in [-0.05, 0) is 6.82 Å². The Morgan fingerprint density at radius 1 is 1.80 bits per heavy atom. The maximum atomic E-state index is 10.6. The molecule has 5 N–H and O–H groups in total. The van der Waals surface area contributed by atoms with Gasteiger partial charge in [-0.25, -0.2) is 0 Å². The van der Waals surface area contributed by atoms with Gasteiger partial charge in [-0.2, -0.15) is 0 Å². The highest BCUT2D eigenvalue weighted by Crippen LogP contribution is 1.65. The quantitative estimate of drug-likeness (QED) is 0.265. The fourth-order valence-electron chi connectivity index (χ4n) is 0.417. The van der Waals surface area contributed by atoms with Crippen molar-refractivity contribution in [3.05, 3.63) is 0 Å². The normalized spacial score (nSPS) is 9.10. The molecule has 0 aliphatic carbocycles. The smallest absolute Gasteiger partial charge is 0.374 e. The number of nitrogens with one attached hydrogen (secondary N) is 2. The lowest BCUT2D eigenvalue weighted by Crippen LogP contribution is -2.41. The molecule has 0 spiro atoms. The van der Waals surface area contributed by atoms with Gasteiger partial charge in [-0.3, -0.25) is 4.79 Å². The van der Waals surface area contributed by atoms with Gasteiger partial charge < -0.3 is 21.3 Å². The predicted molar refractivity (Wildman–Crippen MR) is 39.0 cm³/mol. The molecule has 0 aromatic carbocycles. The molecule has 0 fully saturated rings. The van der Waals surface area contributed by atoms with Crippen molar-refractivity contribution in [3.63, 3.8) is 0 Å². The average molecular weight is 145 g/mol. The number of carbonyl (C=O) groups is 1. The molecule has 0 saturated carbocycles. The second-order valence-electron chi connectivity index (χ2n) is 1.86. The molecular weight excluding hydrogens is 133 g/mol. The van der Waals surface area contributed by atoms with E-state index in [1.54, 1.807) is 0 Å². The van der Waals surface area contributed by atoms with Crippen molar-refractivity contribution in [1.29, 1.82) is 0 Å². The van der Waals surface area contributed by atoms with E-state index in [1.807, 2.05) is 0 Å². The lowest BCUT2D eigenvalue weighted by molar-refractivity contribution is -0.119. The van der Waals surface area contributed by atoms with Gasteiger partial charge in [0.15, 0.2) is 0 Å². The van der Waals surface area contributed by atoms with Gasteiger partial charge in [0.25, 0.3) is 0 Å². The third-order valence-electron chi connectivity index (χ3n) is 0.857. The van der Waals surface area contributed by atoms with E-state index >= 15 is 0 Å². The molecule has 0 heterocycles. The Labute approximate surface area is 60.1 Å². The summed E-state index contributed by atoms with van der Waals surface area (Å²) >= 11 is 0. The Hall–Kier alpha value is -0.585. The van der Waals surface area contributed by atoms with E-state index in [2.05, 4.69) is 10.5 Å². The van der Waals surface area contributed by atoms with Crippen LogP contribution in [0.1, 0.15) is 0 Å². The lowest BCUT2D eigenvalue weighted by Gasteiger charge is -2.03. The predicted octanol–water partition coefficient (Wildman–Crippen LogP) is -2.28. The Bertz CT molecular complexity index is 109. The summed E-state index contributed by atoms with van der Waals surface area (Å²) in [6, 6.07) is 0. The van der Waals surface area contributed by atoms with Gasteiger partial charge in [0.05, 0.1) is 13.2 Å². The molecule has 0 rings (SSSR count). The highest BCUT2D eigenvalue weighted by atomic mass is 16.2. The van der Waals surface area contributed by atoms with E-state index in [0.29, 0.717) is 0 Å². The first-order chi connectivity index (χ1) is 4.66. The zero-order valence-corrected chi connectivity index (χ0v) is 5.92. The van der Waals surface area contributed by atoms with Crippen LogP contribution in [0.2, 0.25) is 6.82 Å². The molecule has 0 aliphatic rings. The maximum absolute atomic E-state index is 10.6. The summed E-state index contributed by atoms with van der Waals surface area (Å²) in [7, 11) is -0.663. The molecule has 0 aromatic rings. The van der Waals surface area contributed by atoms with Crippen LogP contribution < -0.4 is 16.3 Å². The van der Waals surface area contributed by atoms with Crippen LogP contribution in [0.5, 0.6) is 0 Å². The Balaban J connectivity index is 3.22.